The molecule has 3 rings (SSSR count). The highest BCUT2D eigenvalue weighted by Gasteiger charge is 2.23. The first-order valence-corrected chi connectivity index (χ1v) is 6.30. The maximum Gasteiger partial charge on any atom is 0.0912 e. The number of hydrogen-bond donors (Lipinski definition) is 1. The standard InChI is InChI=1S/C13H14ClN3O/c14-10-2-1-3-11(6-10)17-7-12(15)13(16-17)9-4-5-18-8-9/h1-3,6-7,9H,4-5,8,15H2. The molecule has 2 N–H and O–H groups in total. The molecule has 0 aliphatic carbocycles. The van der Waals surface area contributed by atoms with Gasteiger partial charge < -0.3 is 10.5 Å². The predicted molar refractivity (Wildman–Crippen MR) is 71.2 cm³/mol. The smallest absolute Gasteiger partial charge is 0.0912 e. The quantitative estimate of drug-likeness (QED) is 0.906. The van der Waals surface area contributed by atoms with Gasteiger partial charge in [0, 0.05) is 17.5 Å². The molecule has 2 aromatic rings. The van der Waals surface area contributed by atoms with E-state index >= 15 is 0 Å². The van der Waals surface area contributed by atoms with Crippen LogP contribution in [0.5, 0.6) is 0 Å². The van der Waals surface area contributed by atoms with Crippen molar-refractivity contribution < 1.29 is 4.74 Å². The fourth-order valence-electron chi connectivity index (χ4n) is 2.22. The molecule has 0 radical (unpaired) electrons. The second-order valence-corrected chi connectivity index (χ2v) is 4.89. The van der Waals surface area contributed by atoms with Crippen molar-refractivity contribution in [3.8, 4) is 5.69 Å². The Morgan fingerprint density at radius 1 is 1.44 bits per heavy atom. The molecule has 18 heavy (non-hydrogen) atoms. The number of benzene rings is 1. The summed E-state index contributed by atoms with van der Waals surface area (Å²) in [7, 11) is 0. The fraction of sp³-hybridized carbons (Fsp3) is 0.308. The lowest BCUT2D eigenvalue weighted by Gasteiger charge is -2.04. The van der Waals surface area contributed by atoms with Gasteiger partial charge in [-0.1, -0.05) is 17.7 Å². The first kappa shape index (κ1) is 11.6. The fourth-order valence-corrected chi connectivity index (χ4v) is 2.40. The SMILES string of the molecule is Nc1cn(-c2cccc(Cl)c2)nc1C1CCOC1. The first-order valence-electron chi connectivity index (χ1n) is 5.93. The highest BCUT2D eigenvalue weighted by Crippen LogP contribution is 2.29. The van der Waals surface area contributed by atoms with Crippen LogP contribution in [0, 0.1) is 0 Å². The Balaban J connectivity index is 1.96. The van der Waals surface area contributed by atoms with E-state index in [0.717, 1.165) is 24.4 Å². The molecule has 2 heterocycles. The lowest BCUT2D eigenvalue weighted by molar-refractivity contribution is 0.193. The molecule has 0 saturated carbocycles. The second kappa shape index (κ2) is 4.63. The summed E-state index contributed by atoms with van der Waals surface area (Å²) in [6.07, 6.45) is 2.82. The van der Waals surface area contributed by atoms with Crippen LogP contribution in [0.2, 0.25) is 5.02 Å². The van der Waals surface area contributed by atoms with Crippen LogP contribution in [0.1, 0.15) is 18.0 Å². The third kappa shape index (κ3) is 2.09. The van der Waals surface area contributed by atoms with Crippen molar-refractivity contribution in [2.24, 2.45) is 0 Å². The highest BCUT2D eigenvalue weighted by atomic mass is 35.5. The Morgan fingerprint density at radius 2 is 2.33 bits per heavy atom. The van der Waals surface area contributed by atoms with E-state index in [-0.39, 0.29) is 0 Å². The summed E-state index contributed by atoms with van der Waals surface area (Å²) in [5, 5.41) is 5.24. The number of hydrogen-bond acceptors (Lipinski definition) is 3. The molecule has 1 fully saturated rings. The minimum Gasteiger partial charge on any atom is -0.396 e. The van der Waals surface area contributed by atoms with Gasteiger partial charge in [0.2, 0.25) is 0 Å². The van der Waals surface area contributed by atoms with Crippen LogP contribution in [-0.2, 0) is 4.74 Å². The molecule has 94 valence electrons. The molecule has 1 aliphatic heterocycles. The number of ether oxygens (including phenoxy) is 1. The Labute approximate surface area is 110 Å². The molecule has 0 spiro atoms. The van der Waals surface area contributed by atoms with Crippen LogP contribution < -0.4 is 5.73 Å². The van der Waals surface area contributed by atoms with Gasteiger partial charge >= 0.3 is 0 Å². The van der Waals surface area contributed by atoms with Crippen LogP contribution in [-0.4, -0.2) is 23.0 Å². The molecule has 4 nitrogen and oxygen atoms in total. The van der Waals surface area contributed by atoms with Crippen LogP contribution in [0.4, 0.5) is 5.69 Å². The van der Waals surface area contributed by atoms with Gasteiger partial charge in [-0.25, -0.2) is 4.68 Å². The van der Waals surface area contributed by atoms with Crippen molar-refractivity contribution in [3.63, 3.8) is 0 Å². The zero-order valence-electron chi connectivity index (χ0n) is 9.84. The summed E-state index contributed by atoms with van der Waals surface area (Å²) in [6.45, 7) is 1.49. The van der Waals surface area contributed by atoms with E-state index in [1.54, 1.807) is 4.68 Å². The number of nitrogens with zero attached hydrogens (tertiary/aromatic N) is 2. The van der Waals surface area contributed by atoms with E-state index in [2.05, 4.69) is 5.10 Å². The van der Waals surface area contributed by atoms with Crippen LogP contribution in [0.3, 0.4) is 0 Å². The van der Waals surface area contributed by atoms with E-state index in [4.69, 9.17) is 22.1 Å². The molecule has 1 aromatic heterocycles. The van der Waals surface area contributed by atoms with Crippen molar-refractivity contribution in [1.82, 2.24) is 9.78 Å². The monoisotopic (exact) mass is 263 g/mol. The van der Waals surface area contributed by atoms with Gasteiger partial charge in [0.05, 0.1) is 29.9 Å². The van der Waals surface area contributed by atoms with E-state index < -0.39 is 0 Å². The lowest BCUT2D eigenvalue weighted by atomic mass is 10.0. The largest absolute Gasteiger partial charge is 0.396 e. The summed E-state index contributed by atoms with van der Waals surface area (Å²) in [5.41, 5.74) is 8.58. The molecule has 0 amide bonds. The molecular formula is C13H14ClN3O. The van der Waals surface area contributed by atoms with Gasteiger partial charge in [-0.15, -0.1) is 0 Å². The Kier molecular flexibility index (Phi) is 2.97. The van der Waals surface area contributed by atoms with E-state index in [1.165, 1.54) is 0 Å². The van der Waals surface area contributed by atoms with Crippen LogP contribution >= 0.6 is 11.6 Å². The minimum absolute atomic E-state index is 0.311. The van der Waals surface area contributed by atoms with Gasteiger partial charge in [0.15, 0.2) is 0 Å². The highest BCUT2D eigenvalue weighted by molar-refractivity contribution is 6.30. The second-order valence-electron chi connectivity index (χ2n) is 4.45. The number of aromatic nitrogens is 2. The van der Waals surface area contributed by atoms with Crippen molar-refractivity contribution in [2.75, 3.05) is 18.9 Å². The van der Waals surface area contributed by atoms with E-state index in [9.17, 15) is 0 Å². The van der Waals surface area contributed by atoms with Gasteiger partial charge in [-0.05, 0) is 24.6 Å². The molecule has 1 aliphatic rings. The third-order valence-electron chi connectivity index (χ3n) is 3.16. The Bertz CT molecular complexity index is 561. The molecular weight excluding hydrogens is 250 g/mol. The number of nitrogen functional groups attached to an aromatic ring is 1. The summed E-state index contributed by atoms with van der Waals surface area (Å²) in [5.74, 6) is 0.311. The lowest BCUT2D eigenvalue weighted by Crippen LogP contribution is -2.03. The van der Waals surface area contributed by atoms with Crippen LogP contribution in [0.25, 0.3) is 5.69 Å². The number of halogens is 1. The van der Waals surface area contributed by atoms with Crippen molar-refractivity contribution in [3.05, 3.63) is 41.2 Å². The predicted octanol–water partition coefficient (Wildman–Crippen LogP) is 2.61. The number of nitrogens with two attached hydrogens (primary N) is 1. The van der Waals surface area contributed by atoms with Crippen molar-refractivity contribution >= 4 is 17.3 Å². The number of rotatable bonds is 2. The van der Waals surface area contributed by atoms with Crippen LogP contribution in [0.15, 0.2) is 30.5 Å². The zero-order chi connectivity index (χ0) is 12.5. The normalized spacial score (nSPS) is 19.3. The molecule has 0 bridgehead atoms. The molecule has 1 unspecified atom stereocenters. The Morgan fingerprint density at radius 3 is 3.06 bits per heavy atom. The van der Waals surface area contributed by atoms with Crippen molar-refractivity contribution in [1.29, 1.82) is 0 Å². The van der Waals surface area contributed by atoms with Gasteiger partial charge in [0.25, 0.3) is 0 Å². The average molecular weight is 264 g/mol. The molecule has 5 heteroatoms. The van der Waals surface area contributed by atoms with E-state index in [0.29, 0.717) is 23.2 Å². The molecule has 1 atom stereocenters. The van der Waals surface area contributed by atoms with Gasteiger partial charge in [0.1, 0.15) is 0 Å². The molecule has 1 aromatic carbocycles. The first-order chi connectivity index (χ1) is 8.74. The van der Waals surface area contributed by atoms with E-state index in [1.807, 2.05) is 30.5 Å². The summed E-state index contributed by atoms with van der Waals surface area (Å²) >= 11 is 5.98. The molecule has 1 saturated heterocycles. The maximum atomic E-state index is 6.02. The van der Waals surface area contributed by atoms with Crippen molar-refractivity contribution in [2.45, 2.75) is 12.3 Å². The zero-order valence-corrected chi connectivity index (χ0v) is 10.6. The number of anilines is 1. The van der Waals surface area contributed by atoms with Gasteiger partial charge in [-0.2, -0.15) is 5.10 Å². The third-order valence-corrected chi connectivity index (χ3v) is 3.40. The summed E-state index contributed by atoms with van der Waals surface area (Å²) < 4.78 is 7.15. The Hall–Kier alpha value is -1.52. The average Bonchev–Trinajstić information content (AvgIpc) is 2.97. The van der Waals surface area contributed by atoms with Gasteiger partial charge in [-0.3, -0.25) is 0 Å². The maximum absolute atomic E-state index is 6.02. The summed E-state index contributed by atoms with van der Waals surface area (Å²) in [6, 6.07) is 7.55. The minimum atomic E-state index is 0.311. The summed E-state index contributed by atoms with van der Waals surface area (Å²) in [4.78, 5) is 0. The topological polar surface area (TPSA) is 53.1 Å².